The summed E-state index contributed by atoms with van der Waals surface area (Å²) < 4.78 is 3.23. The lowest BCUT2D eigenvalue weighted by molar-refractivity contribution is 0.0994. The summed E-state index contributed by atoms with van der Waals surface area (Å²) in [6.45, 7) is 4.97. The van der Waals surface area contributed by atoms with E-state index in [0.29, 0.717) is 21.5 Å². The molecule has 0 bridgehead atoms. The first kappa shape index (κ1) is 20.0. The standard InChI is InChI=1S/C25H22N2O2S/c1-3-15-27-21-14-9-17(2)16-22(21)30-25(27)26-24(29)20-12-10-19(11-13-20)23(28)18-7-5-4-6-8-18/h4-14,16H,3,15H2,1-2H3. The zero-order valence-electron chi connectivity index (χ0n) is 17.0. The van der Waals surface area contributed by atoms with Gasteiger partial charge in [-0.2, -0.15) is 4.99 Å². The summed E-state index contributed by atoms with van der Waals surface area (Å²) in [5, 5.41) is 0. The van der Waals surface area contributed by atoms with Gasteiger partial charge in [0.2, 0.25) is 0 Å². The van der Waals surface area contributed by atoms with Gasteiger partial charge in [0.15, 0.2) is 10.6 Å². The highest BCUT2D eigenvalue weighted by atomic mass is 32.1. The van der Waals surface area contributed by atoms with E-state index in [0.717, 1.165) is 23.2 Å². The molecule has 0 atom stereocenters. The number of aryl methyl sites for hydroxylation is 2. The third-order valence-corrected chi connectivity index (χ3v) is 5.95. The van der Waals surface area contributed by atoms with Crippen molar-refractivity contribution in [3.8, 4) is 0 Å². The van der Waals surface area contributed by atoms with Crippen molar-refractivity contribution in [3.63, 3.8) is 0 Å². The summed E-state index contributed by atoms with van der Waals surface area (Å²) >= 11 is 1.53. The highest BCUT2D eigenvalue weighted by Gasteiger charge is 2.12. The first-order chi connectivity index (χ1) is 14.6. The normalized spacial score (nSPS) is 11.7. The van der Waals surface area contributed by atoms with Crippen molar-refractivity contribution < 1.29 is 9.59 Å². The molecule has 4 aromatic rings. The van der Waals surface area contributed by atoms with Gasteiger partial charge < -0.3 is 4.57 Å². The van der Waals surface area contributed by atoms with Crippen LogP contribution in [0.1, 0.15) is 45.2 Å². The smallest absolute Gasteiger partial charge is 0.279 e. The minimum Gasteiger partial charge on any atom is -0.316 e. The van der Waals surface area contributed by atoms with Crippen LogP contribution in [-0.2, 0) is 6.54 Å². The van der Waals surface area contributed by atoms with Crippen molar-refractivity contribution in [1.82, 2.24) is 4.57 Å². The first-order valence-corrected chi connectivity index (χ1v) is 10.8. The lowest BCUT2D eigenvalue weighted by Gasteiger charge is -2.03. The fourth-order valence-electron chi connectivity index (χ4n) is 3.38. The average Bonchev–Trinajstić information content (AvgIpc) is 3.10. The van der Waals surface area contributed by atoms with Gasteiger partial charge in [-0.05, 0) is 43.2 Å². The second-order valence-electron chi connectivity index (χ2n) is 7.20. The molecule has 0 saturated carbocycles. The van der Waals surface area contributed by atoms with Gasteiger partial charge in [0.05, 0.1) is 10.2 Å². The molecule has 150 valence electrons. The van der Waals surface area contributed by atoms with E-state index < -0.39 is 0 Å². The number of carbonyl (C=O) groups is 2. The van der Waals surface area contributed by atoms with Crippen LogP contribution in [0.15, 0.2) is 77.8 Å². The molecule has 30 heavy (non-hydrogen) atoms. The van der Waals surface area contributed by atoms with Crippen LogP contribution in [0.5, 0.6) is 0 Å². The number of carbonyl (C=O) groups excluding carboxylic acids is 2. The third kappa shape index (κ3) is 4.02. The Kier molecular flexibility index (Phi) is 5.72. The van der Waals surface area contributed by atoms with Crippen LogP contribution in [0.3, 0.4) is 0 Å². The summed E-state index contributed by atoms with van der Waals surface area (Å²) in [5.74, 6) is -0.367. The Bertz CT molecular complexity index is 1280. The maximum atomic E-state index is 12.8. The van der Waals surface area contributed by atoms with Gasteiger partial charge in [0, 0.05) is 23.2 Å². The Balaban J connectivity index is 1.66. The van der Waals surface area contributed by atoms with Crippen molar-refractivity contribution >= 4 is 33.2 Å². The summed E-state index contributed by atoms with van der Waals surface area (Å²) in [6.07, 6.45) is 0.956. The molecule has 0 unspecified atom stereocenters. The maximum Gasteiger partial charge on any atom is 0.279 e. The predicted molar refractivity (Wildman–Crippen MR) is 121 cm³/mol. The molecule has 0 spiro atoms. The predicted octanol–water partition coefficient (Wildman–Crippen LogP) is 5.39. The van der Waals surface area contributed by atoms with E-state index in [2.05, 4.69) is 41.6 Å². The van der Waals surface area contributed by atoms with Gasteiger partial charge in [-0.25, -0.2) is 0 Å². The summed E-state index contributed by atoms with van der Waals surface area (Å²) in [7, 11) is 0. The Morgan fingerprint density at radius 2 is 1.57 bits per heavy atom. The SMILES string of the molecule is CCCn1c(=NC(=O)c2ccc(C(=O)c3ccccc3)cc2)sc2cc(C)ccc21. The van der Waals surface area contributed by atoms with E-state index in [-0.39, 0.29) is 11.7 Å². The number of hydrogen-bond acceptors (Lipinski definition) is 3. The number of ketones is 1. The van der Waals surface area contributed by atoms with Crippen LogP contribution >= 0.6 is 11.3 Å². The average molecular weight is 415 g/mol. The van der Waals surface area contributed by atoms with Crippen LogP contribution in [0.25, 0.3) is 10.2 Å². The van der Waals surface area contributed by atoms with E-state index >= 15 is 0 Å². The van der Waals surface area contributed by atoms with Crippen LogP contribution in [-0.4, -0.2) is 16.3 Å². The molecule has 3 aromatic carbocycles. The van der Waals surface area contributed by atoms with Crippen molar-refractivity contribution in [2.24, 2.45) is 4.99 Å². The van der Waals surface area contributed by atoms with E-state index in [1.165, 1.54) is 16.9 Å². The Hall–Kier alpha value is -3.31. The van der Waals surface area contributed by atoms with Gasteiger partial charge in [0.1, 0.15) is 0 Å². The summed E-state index contributed by atoms with van der Waals surface area (Å²) in [5.41, 5.74) is 3.93. The van der Waals surface area contributed by atoms with E-state index in [9.17, 15) is 9.59 Å². The Labute approximate surface area is 179 Å². The molecule has 0 aliphatic carbocycles. The second-order valence-corrected chi connectivity index (χ2v) is 8.21. The number of thiazole rings is 1. The lowest BCUT2D eigenvalue weighted by Crippen LogP contribution is -2.16. The third-order valence-electron chi connectivity index (χ3n) is 4.91. The van der Waals surface area contributed by atoms with E-state index in [4.69, 9.17) is 0 Å². The van der Waals surface area contributed by atoms with Gasteiger partial charge in [-0.3, -0.25) is 9.59 Å². The molecule has 1 amide bonds. The van der Waals surface area contributed by atoms with Crippen molar-refractivity contribution in [2.75, 3.05) is 0 Å². The molecule has 0 aliphatic rings. The van der Waals surface area contributed by atoms with Crippen molar-refractivity contribution in [1.29, 1.82) is 0 Å². The van der Waals surface area contributed by atoms with Gasteiger partial charge in [-0.1, -0.05) is 66.8 Å². The molecular weight excluding hydrogens is 392 g/mol. The van der Waals surface area contributed by atoms with Crippen LogP contribution < -0.4 is 4.80 Å². The fraction of sp³-hybridized carbons (Fsp3) is 0.160. The van der Waals surface area contributed by atoms with Gasteiger partial charge in [0.25, 0.3) is 5.91 Å². The highest BCUT2D eigenvalue weighted by molar-refractivity contribution is 7.16. The molecule has 4 nitrogen and oxygen atoms in total. The topological polar surface area (TPSA) is 51.4 Å². The van der Waals surface area contributed by atoms with Gasteiger partial charge >= 0.3 is 0 Å². The van der Waals surface area contributed by atoms with Crippen molar-refractivity contribution in [3.05, 3.63) is 99.9 Å². The van der Waals surface area contributed by atoms with Crippen LogP contribution in [0.4, 0.5) is 0 Å². The first-order valence-electron chi connectivity index (χ1n) is 9.95. The fourth-order valence-corrected chi connectivity index (χ4v) is 4.53. The number of nitrogens with zero attached hydrogens (tertiary/aromatic N) is 2. The monoisotopic (exact) mass is 414 g/mol. The number of amides is 1. The Morgan fingerprint density at radius 3 is 2.27 bits per heavy atom. The number of rotatable bonds is 5. The molecule has 5 heteroatoms. The Morgan fingerprint density at radius 1 is 0.900 bits per heavy atom. The molecule has 0 aliphatic heterocycles. The second kappa shape index (κ2) is 8.59. The number of benzene rings is 3. The van der Waals surface area contributed by atoms with E-state index in [1.807, 2.05) is 18.2 Å². The molecule has 0 fully saturated rings. The molecule has 0 N–H and O–H groups in total. The van der Waals surface area contributed by atoms with Crippen molar-refractivity contribution in [2.45, 2.75) is 26.8 Å². The van der Waals surface area contributed by atoms with E-state index in [1.54, 1.807) is 36.4 Å². The van der Waals surface area contributed by atoms with Crippen LogP contribution in [0.2, 0.25) is 0 Å². The molecular formula is C25H22N2O2S. The lowest BCUT2D eigenvalue weighted by atomic mass is 10.0. The summed E-state index contributed by atoms with van der Waals surface area (Å²) in [4.78, 5) is 30.5. The maximum absolute atomic E-state index is 12.8. The van der Waals surface area contributed by atoms with Gasteiger partial charge in [-0.15, -0.1) is 0 Å². The number of aromatic nitrogens is 1. The number of fused-ring (bicyclic) bond motifs is 1. The largest absolute Gasteiger partial charge is 0.316 e. The summed E-state index contributed by atoms with van der Waals surface area (Å²) in [6, 6.07) is 22.1. The molecule has 0 saturated heterocycles. The molecule has 0 radical (unpaired) electrons. The minimum atomic E-state index is -0.304. The molecule has 1 heterocycles. The zero-order chi connectivity index (χ0) is 21.1. The zero-order valence-corrected chi connectivity index (χ0v) is 17.8. The number of hydrogen-bond donors (Lipinski definition) is 0. The quantitative estimate of drug-likeness (QED) is 0.411. The molecule has 1 aromatic heterocycles. The van der Waals surface area contributed by atoms with Crippen LogP contribution in [0, 0.1) is 6.92 Å². The molecule has 4 rings (SSSR count). The highest BCUT2D eigenvalue weighted by Crippen LogP contribution is 2.19. The minimum absolute atomic E-state index is 0.0628.